The Morgan fingerprint density at radius 2 is 2.07 bits per heavy atom. The van der Waals surface area contributed by atoms with E-state index in [9.17, 15) is 14.4 Å². The normalized spacial score (nSPS) is 11.4. The summed E-state index contributed by atoms with van der Waals surface area (Å²) in [6, 6.07) is 8.25. The molecule has 9 nitrogen and oxygen atoms in total. The number of nitriles is 1. The lowest BCUT2D eigenvalue weighted by atomic mass is 10.2. The van der Waals surface area contributed by atoms with Gasteiger partial charge in [-0.3, -0.25) is 9.59 Å². The number of ether oxygens (including phenoxy) is 3. The predicted molar refractivity (Wildman–Crippen MR) is 110 cm³/mol. The number of primary amides is 1. The third-order valence-electron chi connectivity index (χ3n) is 3.72. The second-order valence-corrected chi connectivity index (χ2v) is 6.70. The number of hydrogen-bond donors (Lipinski definition) is 2. The molecule has 0 radical (unpaired) electrons. The molecule has 1 aromatic heterocycles. The van der Waals surface area contributed by atoms with Gasteiger partial charge >= 0.3 is 5.97 Å². The number of carbonyl (C=O) groups is 3. The summed E-state index contributed by atoms with van der Waals surface area (Å²) in [6.45, 7) is 1.28. The van der Waals surface area contributed by atoms with Crippen LogP contribution in [0.5, 0.6) is 11.5 Å². The van der Waals surface area contributed by atoms with Crippen LogP contribution in [-0.2, 0) is 14.3 Å². The van der Waals surface area contributed by atoms with E-state index in [1.54, 1.807) is 23.6 Å². The first-order valence-electron chi connectivity index (χ1n) is 8.60. The number of carbonyl (C=O) groups excluding carboxylic acids is 3. The molecule has 0 aliphatic carbocycles. The molecule has 0 saturated carbocycles. The molecule has 1 unspecified atom stereocenters. The molecule has 10 heteroatoms. The minimum absolute atomic E-state index is 0.121. The van der Waals surface area contributed by atoms with Gasteiger partial charge in [0, 0.05) is 6.08 Å². The van der Waals surface area contributed by atoms with Gasteiger partial charge in [-0.1, -0.05) is 6.07 Å². The first-order chi connectivity index (χ1) is 14.3. The van der Waals surface area contributed by atoms with Crippen LogP contribution >= 0.6 is 11.3 Å². The number of nitrogens with one attached hydrogen (secondary N) is 1. The van der Waals surface area contributed by atoms with Crippen molar-refractivity contribution in [2.45, 2.75) is 13.0 Å². The summed E-state index contributed by atoms with van der Waals surface area (Å²) in [5.74, 6) is -1.20. The number of hydrogen-bond acceptors (Lipinski definition) is 8. The second-order valence-electron chi connectivity index (χ2n) is 5.79. The highest BCUT2D eigenvalue weighted by Crippen LogP contribution is 2.28. The fourth-order valence-electron chi connectivity index (χ4n) is 2.26. The van der Waals surface area contributed by atoms with Crippen LogP contribution in [0.2, 0.25) is 0 Å². The monoisotopic (exact) mass is 429 g/mol. The molecule has 0 saturated heterocycles. The summed E-state index contributed by atoms with van der Waals surface area (Å²) in [6.07, 6.45) is 1.55. The molecule has 0 spiro atoms. The van der Waals surface area contributed by atoms with E-state index in [1.807, 2.05) is 6.07 Å². The fourth-order valence-corrected chi connectivity index (χ4v) is 3.06. The molecular formula is C20H19N3O6S. The zero-order chi connectivity index (χ0) is 22.1. The van der Waals surface area contributed by atoms with Gasteiger partial charge in [0.1, 0.15) is 11.1 Å². The van der Waals surface area contributed by atoms with E-state index >= 15 is 0 Å². The Morgan fingerprint density at radius 3 is 2.73 bits per heavy atom. The number of rotatable bonds is 9. The lowest BCUT2D eigenvalue weighted by Crippen LogP contribution is -2.29. The predicted octanol–water partition coefficient (Wildman–Crippen LogP) is 2.34. The summed E-state index contributed by atoms with van der Waals surface area (Å²) >= 11 is 1.13. The van der Waals surface area contributed by atoms with Crippen molar-refractivity contribution in [3.05, 3.63) is 46.8 Å². The SMILES string of the molecule is COc1cc(/C=C/C(=O)OC(C)C(=O)Nc2sccc2C(N)=O)ccc1OCC#N. The second kappa shape index (κ2) is 10.6. The van der Waals surface area contributed by atoms with Gasteiger partial charge in [-0.05, 0) is 42.1 Å². The quantitative estimate of drug-likeness (QED) is 0.460. The Hall–Kier alpha value is -3.84. The highest BCUT2D eigenvalue weighted by atomic mass is 32.1. The molecule has 1 atom stereocenters. The Balaban J connectivity index is 1.96. The van der Waals surface area contributed by atoms with E-state index in [0.29, 0.717) is 17.1 Å². The van der Waals surface area contributed by atoms with Crippen LogP contribution in [0, 0.1) is 11.3 Å². The van der Waals surface area contributed by atoms with Crippen molar-refractivity contribution in [2.24, 2.45) is 5.73 Å². The molecule has 0 aliphatic heterocycles. The summed E-state index contributed by atoms with van der Waals surface area (Å²) in [5.41, 5.74) is 6.03. The molecule has 156 valence electrons. The zero-order valence-electron chi connectivity index (χ0n) is 16.2. The molecule has 3 N–H and O–H groups in total. The highest BCUT2D eigenvalue weighted by molar-refractivity contribution is 7.14. The third kappa shape index (κ3) is 6.08. The van der Waals surface area contributed by atoms with Crippen molar-refractivity contribution < 1.29 is 28.6 Å². The largest absolute Gasteiger partial charge is 0.493 e. The number of nitrogens with two attached hydrogens (primary N) is 1. The molecule has 1 aromatic carbocycles. The van der Waals surface area contributed by atoms with Crippen LogP contribution in [0.3, 0.4) is 0 Å². The van der Waals surface area contributed by atoms with Crippen LogP contribution in [0.25, 0.3) is 6.08 Å². The Bertz CT molecular complexity index is 1010. The number of anilines is 1. The number of esters is 1. The standard InChI is InChI=1S/C20H19N3O6S/c1-12(19(26)23-20-14(18(22)25)7-10-30-20)29-17(24)6-4-13-3-5-15(28-9-8-21)16(11-13)27-2/h3-7,10-12H,9H2,1-2H3,(H2,22,25)(H,23,26)/b6-4+. The van der Waals surface area contributed by atoms with Crippen LogP contribution in [-0.4, -0.2) is 37.6 Å². The first kappa shape index (κ1) is 22.4. The van der Waals surface area contributed by atoms with Crippen LogP contribution in [0.4, 0.5) is 5.00 Å². The molecule has 2 amide bonds. The van der Waals surface area contributed by atoms with Gasteiger partial charge in [-0.2, -0.15) is 5.26 Å². The lowest BCUT2D eigenvalue weighted by Gasteiger charge is -2.12. The van der Waals surface area contributed by atoms with Crippen molar-refractivity contribution in [3.63, 3.8) is 0 Å². The number of amides is 2. The maximum Gasteiger partial charge on any atom is 0.331 e. The Labute approximate surface area is 176 Å². The molecule has 2 rings (SSSR count). The van der Waals surface area contributed by atoms with Gasteiger partial charge in [0.25, 0.3) is 11.8 Å². The average molecular weight is 429 g/mol. The number of benzene rings is 1. The summed E-state index contributed by atoms with van der Waals surface area (Å²) in [7, 11) is 1.45. The van der Waals surface area contributed by atoms with Crippen LogP contribution in [0.15, 0.2) is 35.7 Å². The molecule has 1 heterocycles. The van der Waals surface area contributed by atoms with Crippen molar-refractivity contribution in [1.82, 2.24) is 0 Å². The van der Waals surface area contributed by atoms with Gasteiger partial charge in [0.05, 0.1) is 12.7 Å². The molecule has 30 heavy (non-hydrogen) atoms. The molecular weight excluding hydrogens is 410 g/mol. The zero-order valence-corrected chi connectivity index (χ0v) is 17.0. The Kier molecular flexibility index (Phi) is 7.96. The van der Waals surface area contributed by atoms with Crippen LogP contribution < -0.4 is 20.5 Å². The van der Waals surface area contributed by atoms with Crippen molar-refractivity contribution in [2.75, 3.05) is 19.0 Å². The summed E-state index contributed by atoms with van der Waals surface area (Å²) < 4.78 is 15.5. The molecule has 2 aromatic rings. The van der Waals surface area contributed by atoms with Gasteiger partial charge in [0.2, 0.25) is 0 Å². The van der Waals surface area contributed by atoms with Crippen molar-refractivity contribution >= 4 is 40.2 Å². The van der Waals surface area contributed by atoms with E-state index in [0.717, 1.165) is 17.4 Å². The van der Waals surface area contributed by atoms with E-state index in [2.05, 4.69) is 5.32 Å². The van der Waals surface area contributed by atoms with Crippen molar-refractivity contribution in [1.29, 1.82) is 5.26 Å². The first-order valence-corrected chi connectivity index (χ1v) is 9.48. The van der Waals surface area contributed by atoms with Crippen molar-refractivity contribution in [3.8, 4) is 17.6 Å². The minimum Gasteiger partial charge on any atom is -0.493 e. The minimum atomic E-state index is -1.10. The maximum atomic E-state index is 12.2. The highest BCUT2D eigenvalue weighted by Gasteiger charge is 2.19. The maximum absolute atomic E-state index is 12.2. The van der Waals surface area contributed by atoms with E-state index < -0.39 is 23.9 Å². The average Bonchev–Trinajstić information content (AvgIpc) is 3.19. The van der Waals surface area contributed by atoms with Gasteiger partial charge in [-0.15, -0.1) is 11.3 Å². The summed E-state index contributed by atoms with van der Waals surface area (Å²) in [4.78, 5) is 35.5. The van der Waals surface area contributed by atoms with E-state index in [4.69, 9.17) is 25.2 Å². The smallest absolute Gasteiger partial charge is 0.331 e. The number of thiophene rings is 1. The number of methoxy groups -OCH3 is 1. The summed E-state index contributed by atoms with van der Waals surface area (Å²) in [5, 5.41) is 13.0. The third-order valence-corrected chi connectivity index (χ3v) is 4.55. The number of nitrogens with zero attached hydrogens (tertiary/aromatic N) is 1. The van der Waals surface area contributed by atoms with Gasteiger partial charge in [-0.25, -0.2) is 4.79 Å². The fraction of sp³-hybridized carbons (Fsp3) is 0.200. The Morgan fingerprint density at radius 1 is 1.30 bits per heavy atom. The molecule has 0 fully saturated rings. The lowest BCUT2D eigenvalue weighted by molar-refractivity contribution is -0.148. The van der Waals surface area contributed by atoms with Crippen LogP contribution in [0.1, 0.15) is 22.8 Å². The van der Waals surface area contributed by atoms with E-state index in [-0.39, 0.29) is 17.2 Å². The van der Waals surface area contributed by atoms with E-state index in [1.165, 1.54) is 26.2 Å². The van der Waals surface area contributed by atoms with Gasteiger partial charge < -0.3 is 25.3 Å². The molecule has 0 bridgehead atoms. The molecule has 0 aliphatic rings. The topological polar surface area (TPSA) is 141 Å². The van der Waals surface area contributed by atoms with Gasteiger partial charge in [0.15, 0.2) is 24.2 Å².